The van der Waals surface area contributed by atoms with Crippen LogP contribution < -0.4 is 10.6 Å². The highest BCUT2D eigenvalue weighted by molar-refractivity contribution is 5.95. The first-order valence-electron chi connectivity index (χ1n) is 7.53. The van der Waals surface area contributed by atoms with E-state index in [-0.39, 0.29) is 17.6 Å². The normalized spacial score (nSPS) is 22.1. The molecule has 0 aliphatic carbocycles. The molecule has 3 rings (SSSR count). The molecule has 2 aliphatic heterocycles. The summed E-state index contributed by atoms with van der Waals surface area (Å²) in [5.41, 5.74) is 1.53. The van der Waals surface area contributed by atoms with Gasteiger partial charge in [-0.1, -0.05) is 19.1 Å². The minimum absolute atomic E-state index is 0.102. The fraction of sp³-hybridized carbons (Fsp3) is 0.562. The summed E-state index contributed by atoms with van der Waals surface area (Å²) < 4.78 is 10.9. The van der Waals surface area contributed by atoms with Crippen molar-refractivity contribution in [1.29, 1.82) is 0 Å². The summed E-state index contributed by atoms with van der Waals surface area (Å²) in [7, 11) is 0. The molecule has 2 saturated heterocycles. The number of anilines is 1. The van der Waals surface area contributed by atoms with Crippen molar-refractivity contribution in [3.05, 3.63) is 29.8 Å². The Morgan fingerprint density at radius 3 is 2.43 bits per heavy atom. The van der Waals surface area contributed by atoms with Crippen molar-refractivity contribution in [3.8, 4) is 0 Å². The van der Waals surface area contributed by atoms with Gasteiger partial charge in [-0.25, -0.2) is 0 Å². The maximum atomic E-state index is 12.4. The second kappa shape index (κ2) is 6.13. The molecule has 0 bridgehead atoms. The lowest BCUT2D eigenvalue weighted by molar-refractivity contribution is -0.126. The highest BCUT2D eigenvalue weighted by atomic mass is 16.7. The van der Waals surface area contributed by atoms with Crippen molar-refractivity contribution in [2.24, 2.45) is 5.41 Å². The number of rotatable bonds is 3. The van der Waals surface area contributed by atoms with Gasteiger partial charge in [-0.3, -0.25) is 4.79 Å². The average Bonchev–Trinajstić information content (AvgIpc) is 3.03. The van der Waals surface area contributed by atoms with E-state index in [2.05, 4.69) is 10.6 Å². The molecule has 21 heavy (non-hydrogen) atoms. The number of piperidine rings is 1. The standard InChI is InChI=1S/C16H22N2O3/c1-16(6-8-17-9-7-16)15(19)18-13-4-2-12(3-5-13)14-20-10-11-21-14/h2-5,14,17H,6-11H2,1H3,(H,18,19). The van der Waals surface area contributed by atoms with Crippen LogP contribution in [0.4, 0.5) is 5.69 Å². The van der Waals surface area contributed by atoms with E-state index < -0.39 is 0 Å². The molecule has 0 radical (unpaired) electrons. The van der Waals surface area contributed by atoms with Crippen LogP contribution in [0.25, 0.3) is 0 Å². The minimum Gasteiger partial charge on any atom is -0.346 e. The summed E-state index contributed by atoms with van der Waals surface area (Å²) in [6, 6.07) is 7.69. The van der Waals surface area contributed by atoms with Gasteiger partial charge < -0.3 is 20.1 Å². The SMILES string of the molecule is CC1(C(=O)Nc2ccc(C3OCCO3)cc2)CCNCC1. The molecule has 2 N–H and O–H groups in total. The number of amides is 1. The zero-order chi connectivity index (χ0) is 14.7. The smallest absolute Gasteiger partial charge is 0.230 e. The van der Waals surface area contributed by atoms with Gasteiger partial charge in [-0.2, -0.15) is 0 Å². The highest BCUT2D eigenvalue weighted by Crippen LogP contribution is 2.30. The predicted octanol–water partition coefficient (Wildman–Crippen LogP) is 2.06. The quantitative estimate of drug-likeness (QED) is 0.894. The van der Waals surface area contributed by atoms with Crippen molar-refractivity contribution in [3.63, 3.8) is 0 Å². The van der Waals surface area contributed by atoms with E-state index in [1.54, 1.807) is 0 Å². The first-order chi connectivity index (χ1) is 10.2. The van der Waals surface area contributed by atoms with Gasteiger partial charge >= 0.3 is 0 Å². The summed E-state index contributed by atoms with van der Waals surface area (Å²) in [6.07, 6.45) is 1.48. The second-order valence-electron chi connectivity index (χ2n) is 5.96. The van der Waals surface area contributed by atoms with E-state index in [1.165, 1.54) is 0 Å². The molecule has 114 valence electrons. The molecule has 5 nitrogen and oxygen atoms in total. The molecule has 0 atom stereocenters. The molecule has 2 aliphatic rings. The Hall–Kier alpha value is -1.43. The molecule has 0 aromatic heterocycles. The van der Waals surface area contributed by atoms with Crippen LogP contribution >= 0.6 is 0 Å². The number of benzene rings is 1. The number of carbonyl (C=O) groups excluding carboxylic acids is 1. The fourth-order valence-electron chi connectivity index (χ4n) is 2.76. The third-order valence-corrected chi connectivity index (χ3v) is 4.32. The Balaban J connectivity index is 1.63. The zero-order valence-corrected chi connectivity index (χ0v) is 12.4. The molecule has 0 spiro atoms. The average molecular weight is 290 g/mol. The van der Waals surface area contributed by atoms with Crippen LogP contribution in [-0.4, -0.2) is 32.2 Å². The van der Waals surface area contributed by atoms with Crippen LogP contribution in [0, 0.1) is 5.41 Å². The van der Waals surface area contributed by atoms with Crippen LogP contribution in [0.3, 0.4) is 0 Å². The molecule has 1 amide bonds. The molecule has 2 heterocycles. The number of hydrogen-bond acceptors (Lipinski definition) is 4. The molecular weight excluding hydrogens is 268 g/mol. The van der Waals surface area contributed by atoms with Gasteiger partial charge in [-0.05, 0) is 38.1 Å². The molecule has 0 saturated carbocycles. The molecule has 1 aromatic rings. The van der Waals surface area contributed by atoms with E-state index in [9.17, 15) is 4.79 Å². The fourth-order valence-corrected chi connectivity index (χ4v) is 2.76. The van der Waals surface area contributed by atoms with Crippen LogP contribution in [-0.2, 0) is 14.3 Å². The van der Waals surface area contributed by atoms with Gasteiger partial charge in [0, 0.05) is 16.7 Å². The van der Waals surface area contributed by atoms with Crippen molar-refractivity contribution in [2.75, 3.05) is 31.6 Å². The Bertz CT molecular complexity index is 489. The first-order valence-corrected chi connectivity index (χ1v) is 7.53. The Kier molecular flexibility index (Phi) is 4.24. The van der Waals surface area contributed by atoms with Gasteiger partial charge in [-0.15, -0.1) is 0 Å². The maximum Gasteiger partial charge on any atom is 0.230 e. The van der Waals surface area contributed by atoms with Crippen molar-refractivity contribution in [2.45, 2.75) is 26.1 Å². The predicted molar refractivity (Wildman–Crippen MR) is 79.9 cm³/mol. The van der Waals surface area contributed by atoms with Gasteiger partial charge in [0.25, 0.3) is 0 Å². The van der Waals surface area contributed by atoms with Crippen molar-refractivity contribution < 1.29 is 14.3 Å². The van der Waals surface area contributed by atoms with Gasteiger partial charge in [0.05, 0.1) is 13.2 Å². The summed E-state index contributed by atoms with van der Waals surface area (Å²) in [5.74, 6) is 0.102. The molecule has 0 unspecified atom stereocenters. The van der Waals surface area contributed by atoms with E-state index in [0.717, 1.165) is 37.2 Å². The summed E-state index contributed by atoms with van der Waals surface area (Å²) in [4.78, 5) is 12.4. The lowest BCUT2D eigenvalue weighted by Gasteiger charge is -2.32. The third-order valence-electron chi connectivity index (χ3n) is 4.32. The van der Waals surface area contributed by atoms with Crippen LogP contribution in [0.1, 0.15) is 31.6 Å². The van der Waals surface area contributed by atoms with Gasteiger partial charge in [0.15, 0.2) is 6.29 Å². The number of carbonyl (C=O) groups is 1. The van der Waals surface area contributed by atoms with Gasteiger partial charge in [0.1, 0.15) is 0 Å². The summed E-state index contributed by atoms with van der Waals surface area (Å²) in [6.45, 7) is 5.11. The lowest BCUT2D eigenvalue weighted by Crippen LogP contribution is -2.42. The van der Waals surface area contributed by atoms with Crippen LogP contribution in [0.5, 0.6) is 0 Å². The number of hydrogen-bond donors (Lipinski definition) is 2. The summed E-state index contributed by atoms with van der Waals surface area (Å²) >= 11 is 0. The largest absolute Gasteiger partial charge is 0.346 e. The monoisotopic (exact) mass is 290 g/mol. The molecule has 1 aromatic carbocycles. The molecular formula is C16H22N2O3. The first kappa shape index (κ1) is 14.5. The van der Waals surface area contributed by atoms with Gasteiger partial charge in [0.2, 0.25) is 5.91 Å². The second-order valence-corrected chi connectivity index (χ2v) is 5.96. The van der Waals surface area contributed by atoms with E-state index in [1.807, 2.05) is 31.2 Å². The topological polar surface area (TPSA) is 59.6 Å². The zero-order valence-electron chi connectivity index (χ0n) is 12.4. The van der Waals surface area contributed by atoms with E-state index in [0.29, 0.717) is 13.2 Å². The summed E-state index contributed by atoms with van der Waals surface area (Å²) in [5, 5.41) is 6.31. The van der Waals surface area contributed by atoms with E-state index in [4.69, 9.17) is 9.47 Å². The highest BCUT2D eigenvalue weighted by Gasteiger charge is 2.34. The molecule has 2 fully saturated rings. The third kappa shape index (κ3) is 3.26. The Morgan fingerprint density at radius 1 is 1.19 bits per heavy atom. The van der Waals surface area contributed by atoms with Crippen LogP contribution in [0.2, 0.25) is 0 Å². The Labute approximate surface area is 125 Å². The number of nitrogens with one attached hydrogen (secondary N) is 2. The lowest BCUT2D eigenvalue weighted by atomic mass is 9.80. The van der Waals surface area contributed by atoms with E-state index >= 15 is 0 Å². The maximum absolute atomic E-state index is 12.4. The van der Waals surface area contributed by atoms with Crippen molar-refractivity contribution in [1.82, 2.24) is 5.32 Å². The Morgan fingerprint density at radius 2 is 1.81 bits per heavy atom. The van der Waals surface area contributed by atoms with Crippen molar-refractivity contribution >= 4 is 11.6 Å². The number of ether oxygens (including phenoxy) is 2. The molecule has 5 heteroatoms. The minimum atomic E-state index is -0.276. The van der Waals surface area contributed by atoms with Crippen LogP contribution in [0.15, 0.2) is 24.3 Å².